The fourth-order valence-corrected chi connectivity index (χ4v) is 4.30. The molecule has 0 heterocycles. The number of hydrogen-bond acceptors (Lipinski definition) is 2. The lowest BCUT2D eigenvalue weighted by Crippen LogP contribution is -2.01. The maximum atomic E-state index is 9.17. The summed E-state index contributed by atoms with van der Waals surface area (Å²) in [6, 6.07) is 9.15. The molecule has 2 rings (SSSR count). The highest BCUT2D eigenvalue weighted by Crippen LogP contribution is 2.30. The van der Waals surface area contributed by atoms with Crippen molar-refractivity contribution in [2.75, 3.05) is 0 Å². The zero-order valence-corrected chi connectivity index (χ0v) is 16.0. The molecule has 0 aliphatic heterocycles. The average Bonchev–Trinajstić information content (AvgIpc) is 2.39. The average molecular weight is 535 g/mol. The van der Waals surface area contributed by atoms with E-state index in [1.54, 1.807) is 12.1 Å². The molecule has 0 unspecified atom stereocenters. The first kappa shape index (κ1) is 16.6. The summed E-state index contributed by atoms with van der Waals surface area (Å²) >= 11 is 16.4. The van der Waals surface area contributed by atoms with Crippen molar-refractivity contribution < 1.29 is 9.84 Å². The minimum absolute atomic E-state index is 0.0231. The highest BCUT2D eigenvalue weighted by Gasteiger charge is 2.10. The van der Waals surface area contributed by atoms with Crippen LogP contribution in [-0.4, -0.2) is 5.11 Å². The molecule has 0 amide bonds. The van der Waals surface area contributed by atoms with E-state index in [2.05, 4.69) is 45.2 Å². The molecule has 6 heteroatoms. The Balaban J connectivity index is 2.19. The molecule has 0 aliphatic rings. The first-order valence-corrected chi connectivity index (χ1v) is 8.58. The van der Waals surface area contributed by atoms with Crippen molar-refractivity contribution in [2.24, 2.45) is 0 Å². The Morgan fingerprint density at radius 3 is 2.25 bits per heavy atom. The SMILES string of the molecule is OCc1cc(I)c(OCc2ccc(Cl)cc2Cl)c(I)c1. The van der Waals surface area contributed by atoms with Crippen LogP contribution in [0.4, 0.5) is 0 Å². The monoisotopic (exact) mass is 534 g/mol. The van der Waals surface area contributed by atoms with E-state index < -0.39 is 0 Å². The van der Waals surface area contributed by atoms with Gasteiger partial charge in [-0.25, -0.2) is 0 Å². The van der Waals surface area contributed by atoms with Crippen LogP contribution in [0.5, 0.6) is 5.75 Å². The standard InChI is InChI=1S/C14H10Cl2I2O2/c15-10-2-1-9(11(16)5-10)7-20-14-12(17)3-8(6-19)4-13(14)18/h1-5,19H,6-7H2. The predicted molar refractivity (Wildman–Crippen MR) is 98.6 cm³/mol. The first-order valence-electron chi connectivity index (χ1n) is 5.66. The highest BCUT2D eigenvalue weighted by molar-refractivity contribution is 14.1. The van der Waals surface area contributed by atoms with Gasteiger partial charge >= 0.3 is 0 Å². The van der Waals surface area contributed by atoms with E-state index in [0.29, 0.717) is 16.7 Å². The van der Waals surface area contributed by atoms with Crippen LogP contribution in [0.25, 0.3) is 0 Å². The summed E-state index contributed by atoms with van der Waals surface area (Å²) in [7, 11) is 0. The van der Waals surface area contributed by atoms with E-state index in [-0.39, 0.29) is 6.61 Å². The maximum absolute atomic E-state index is 9.17. The lowest BCUT2D eigenvalue weighted by Gasteiger charge is -2.12. The van der Waals surface area contributed by atoms with E-state index in [1.807, 2.05) is 18.2 Å². The topological polar surface area (TPSA) is 29.5 Å². The number of aliphatic hydroxyl groups is 1. The van der Waals surface area contributed by atoms with Crippen LogP contribution >= 0.6 is 68.4 Å². The van der Waals surface area contributed by atoms with Crippen LogP contribution in [0.1, 0.15) is 11.1 Å². The van der Waals surface area contributed by atoms with Crippen molar-refractivity contribution in [3.8, 4) is 5.75 Å². The van der Waals surface area contributed by atoms with Crippen molar-refractivity contribution in [2.45, 2.75) is 13.2 Å². The maximum Gasteiger partial charge on any atom is 0.146 e. The van der Waals surface area contributed by atoms with E-state index in [4.69, 9.17) is 27.9 Å². The van der Waals surface area contributed by atoms with Gasteiger partial charge in [0.1, 0.15) is 12.4 Å². The van der Waals surface area contributed by atoms with Gasteiger partial charge in [0.05, 0.1) is 13.7 Å². The molecule has 1 N–H and O–H groups in total. The quantitative estimate of drug-likeness (QED) is 0.541. The lowest BCUT2D eigenvalue weighted by molar-refractivity contribution is 0.280. The Kier molecular flexibility index (Phi) is 6.22. The fraction of sp³-hybridized carbons (Fsp3) is 0.143. The van der Waals surface area contributed by atoms with Gasteiger partial charge in [0, 0.05) is 15.6 Å². The van der Waals surface area contributed by atoms with Crippen LogP contribution in [0.3, 0.4) is 0 Å². The van der Waals surface area contributed by atoms with E-state index in [9.17, 15) is 5.11 Å². The van der Waals surface area contributed by atoms with Gasteiger partial charge in [-0.15, -0.1) is 0 Å². The second-order valence-corrected chi connectivity index (χ2v) is 7.24. The summed E-state index contributed by atoms with van der Waals surface area (Å²) < 4.78 is 7.77. The van der Waals surface area contributed by atoms with E-state index in [1.165, 1.54) is 0 Å². The third-order valence-electron chi connectivity index (χ3n) is 2.63. The van der Waals surface area contributed by atoms with Crippen LogP contribution in [0.2, 0.25) is 10.0 Å². The summed E-state index contributed by atoms with van der Waals surface area (Å²) in [6.07, 6.45) is 0. The van der Waals surface area contributed by atoms with E-state index >= 15 is 0 Å². The second-order valence-electron chi connectivity index (χ2n) is 4.07. The summed E-state index contributed by atoms with van der Waals surface area (Å²) in [5, 5.41) is 10.4. The van der Waals surface area contributed by atoms with Gasteiger partial charge in [-0.2, -0.15) is 0 Å². The number of benzene rings is 2. The zero-order valence-electron chi connectivity index (χ0n) is 10.2. The predicted octanol–water partition coefficient (Wildman–Crippen LogP) is 5.27. The van der Waals surface area contributed by atoms with Crippen molar-refractivity contribution in [3.05, 3.63) is 58.6 Å². The Morgan fingerprint density at radius 1 is 1.05 bits per heavy atom. The number of aliphatic hydroxyl groups excluding tert-OH is 1. The molecule has 0 bridgehead atoms. The molecule has 0 saturated heterocycles. The molecular formula is C14H10Cl2I2O2. The number of hydrogen-bond donors (Lipinski definition) is 1. The molecule has 0 radical (unpaired) electrons. The zero-order chi connectivity index (χ0) is 14.7. The van der Waals surface area contributed by atoms with Crippen molar-refractivity contribution in [1.29, 1.82) is 0 Å². The Hall–Kier alpha value is 0.240. The number of ether oxygens (including phenoxy) is 1. The Labute approximate surface area is 154 Å². The molecule has 20 heavy (non-hydrogen) atoms. The summed E-state index contributed by atoms with van der Waals surface area (Å²) in [5.74, 6) is 0.800. The van der Waals surface area contributed by atoms with E-state index in [0.717, 1.165) is 24.0 Å². The minimum Gasteiger partial charge on any atom is -0.487 e. The molecule has 0 fully saturated rings. The molecule has 2 aromatic carbocycles. The van der Waals surface area contributed by atoms with Gasteiger partial charge in [0.25, 0.3) is 0 Å². The smallest absolute Gasteiger partial charge is 0.146 e. The van der Waals surface area contributed by atoms with Gasteiger partial charge in [-0.1, -0.05) is 29.3 Å². The third kappa shape index (κ3) is 4.13. The molecule has 106 valence electrons. The summed E-state index contributed by atoms with van der Waals surface area (Å²) in [6.45, 7) is 0.399. The largest absolute Gasteiger partial charge is 0.487 e. The van der Waals surface area contributed by atoms with Crippen molar-refractivity contribution in [1.82, 2.24) is 0 Å². The molecule has 0 saturated carbocycles. The lowest BCUT2D eigenvalue weighted by atomic mass is 10.2. The second kappa shape index (κ2) is 7.49. The molecule has 0 atom stereocenters. The molecular weight excluding hydrogens is 525 g/mol. The van der Waals surface area contributed by atoms with Crippen molar-refractivity contribution in [3.63, 3.8) is 0 Å². The Bertz CT molecular complexity index is 610. The summed E-state index contributed by atoms with van der Waals surface area (Å²) in [5.41, 5.74) is 1.75. The van der Waals surface area contributed by atoms with Gasteiger partial charge in [-0.05, 0) is 75.0 Å². The van der Waals surface area contributed by atoms with Crippen LogP contribution in [0, 0.1) is 7.14 Å². The van der Waals surface area contributed by atoms with Crippen LogP contribution < -0.4 is 4.74 Å². The van der Waals surface area contributed by atoms with Crippen molar-refractivity contribution >= 4 is 68.4 Å². The molecule has 2 aromatic rings. The highest BCUT2D eigenvalue weighted by atomic mass is 127. The third-order valence-corrected chi connectivity index (χ3v) is 4.82. The molecule has 0 spiro atoms. The van der Waals surface area contributed by atoms with Gasteiger partial charge in [-0.3, -0.25) is 0 Å². The summed E-state index contributed by atoms with van der Waals surface area (Å²) in [4.78, 5) is 0. The Morgan fingerprint density at radius 2 is 1.70 bits per heavy atom. The van der Waals surface area contributed by atoms with Gasteiger partial charge < -0.3 is 9.84 Å². The van der Waals surface area contributed by atoms with Gasteiger partial charge in [0.2, 0.25) is 0 Å². The number of halogens is 4. The molecule has 0 aromatic heterocycles. The van der Waals surface area contributed by atoms with Crippen LogP contribution in [0.15, 0.2) is 30.3 Å². The first-order chi connectivity index (χ1) is 9.51. The minimum atomic E-state index is 0.0231. The van der Waals surface area contributed by atoms with Crippen LogP contribution in [-0.2, 0) is 13.2 Å². The molecule has 0 aliphatic carbocycles. The number of rotatable bonds is 4. The molecule has 2 nitrogen and oxygen atoms in total. The normalized spacial score (nSPS) is 10.7. The van der Waals surface area contributed by atoms with Gasteiger partial charge in [0.15, 0.2) is 0 Å². The fourth-order valence-electron chi connectivity index (χ4n) is 1.63.